The van der Waals surface area contributed by atoms with E-state index in [4.69, 9.17) is 0 Å². The van der Waals surface area contributed by atoms with Crippen LogP contribution in [0.5, 0.6) is 0 Å². The van der Waals surface area contributed by atoms with E-state index in [-0.39, 0.29) is 31.1 Å². The lowest BCUT2D eigenvalue weighted by atomic mass is 10.1. The van der Waals surface area contributed by atoms with Gasteiger partial charge in [0.05, 0.1) is 5.69 Å². The third-order valence-electron chi connectivity index (χ3n) is 4.28. The van der Waals surface area contributed by atoms with E-state index < -0.39 is 29.9 Å². The maximum atomic E-state index is 12.9. The maximum absolute atomic E-state index is 12.9. The first kappa shape index (κ1) is 20.9. The molecule has 1 aliphatic rings. The van der Waals surface area contributed by atoms with Crippen LogP contribution in [0.25, 0.3) is 0 Å². The van der Waals surface area contributed by atoms with E-state index >= 15 is 0 Å². The van der Waals surface area contributed by atoms with Crippen molar-refractivity contribution in [2.45, 2.75) is 32.4 Å². The molecule has 150 valence electrons. The van der Waals surface area contributed by atoms with Gasteiger partial charge in [-0.15, -0.1) is 0 Å². The van der Waals surface area contributed by atoms with E-state index in [0.717, 1.165) is 4.90 Å². The summed E-state index contributed by atoms with van der Waals surface area (Å²) in [5, 5.41) is 26.7. The third kappa shape index (κ3) is 4.84. The minimum absolute atomic E-state index is 0.0476. The number of hydrogen-bond acceptors (Lipinski definition) is 6. The Bertz CT molecular complexity index is 795. The van der Waals surface area contributed by atoms with Gasteiger partial charge in [0.25, 0.3) is 5.91 Å². The molecule has 0 saturated carbocycles. The molecule has 3 N–H and O–H groups in total. The number of hydrazone groups is 1. The Hall–Kier alpha value is -3.43. The molecular weight excluding hydrogens is 368 g/mol. The normalized spacial score (nSPS) is 16.9. The van der Waals surface area contributed by atoms with Crippen molar-refractivity contribution in [3.05, 3.63) is 30.3 Å². The number of carbonyl (C=O) groups is 4. The van der Waals surface area contributed by atoms with Crippen LogP contribution >= 0.6 is 0 Å². The van der Waals surface area contributed by atoms with Crippen LogP contribution in [0.4, 0.5) is 5.69 Å². The van der Waals surface area contributed by atoms with Gasteiger partial charge in [-0.3, -0.25) is 14.6 Å². The average Bonchev–Trinajstić information content (AvgIpc) is 3.10. The molecule has 10 heteroatoms. The van der Waals surface area contributed by atoms with Gasteiger partial charge in [0, 0.05) is 26.4 Å². The molecular formula is C18H22N4O6. The van der Waals surface area contributed by atoms with Crippen molar-refractivity contribution >= 4 is 35.2 Å². The number of anilines is 1. The lowest BCUT2D eigenvalue weighted by molar-refractivity contribution is -0.147. The first-order chi connectivity index (χ1) is 13.2. The minimum atomic E-state index is -1.22. The Balaban J connectivity index is 2.28. The van der Waals surface area contributed by atoms with Gasteiger partial charge in [-0.2, -0.15) is 5.10 Å². The predicted molar refractivity (Wildman–Crippen MR) is 99.9 cm³/mol. The van der Waals surface area contributed by atoms with Crippen LogP contribution in [-0.4, -0.2) is 69.8 Å². The summed E-state index contributed by atoms with van der Waals surface area (Å²) in [7, 11) is 0. The number of nitrogens with zero attached hydrogens (tertiary/aromatic N) is 3. The number of carboxylic acids is 2. The van der Waals surface area contributed by atoms with Gasteiger partial charge in [-0.25, -0.2) is 9.59 Å². The first-order valence-corrected chi connectivity index (χ1v) is 8.65. The van der Waals surface area contributed by atoms with E-state index in [9.17, 15) is 29.4 Å². The Kier molecular flexibility index (Phi) is 6.69. The minimum Gasteiger partial charge on any atom is -0.480 e. The van der Waals surface area contributed by atoms with Gasteiger partial charge in [0.15, 0.2) is 6.04 Å². The molecule has 2 atom stereocenters. The fourth-order valence-electron chi connectivity index (χ4n) is 2.77. The highest BCUT2D eigenvalue weighted by Gasteiger charge is 2.39. The second-order valence-electron chi connectivity index (χ2n) is 6.28. The van der Waals surface area contributed by atoms with Crippen LogP contribution in [0, 0.1) is 0 Å². The highest BCUT2D eigenvalue weighted by atomic mass is 16.4. The number of hydrogen-bond donors (Lipinski definition) is 3. The maximum Gasteiger partial charge on any atom is 0.328 e. The zero-order valence-corrected chi connectivity index (χ0v) is 15.5. The zero-order chi connectivity index (χ0) is 20.8. The molecule has 0 bridgehead atoms. The number of rotatable bonds is 8. The largest absolute Gasteiger partial charge is 0.480 e. The Labute approximate surface area is 161 Å². The topological polar surface area (TPSA) is 140 Å². The van der Waals surface area contributed by atoms with E-state index in [1.54, 1.807) is 30.3 Å². The SMILES string of the molecule is CC(=O)NCCN(C(=O)C1=NN(c2ccccc2)C(C(=O)O)C1)C(C)C(=O)O. The fourth-order valence-corrected chi connectivity index (χ4v) is 2.77. The Morgan fingerprint density at radius 3 is 2.43 bits per heavy atom. The van der Waals surface area contributed by atoms with Gasteiger partial charge in [-0.1, -0.05) is 18.2 Å². The van der Waals surface area contributed by atoms with Crippen LogP contribution < -0.4 is 10.3 Å². The molecule has 0 saturated heterocycles. The van der Waals surface area contributed by atoms with E-state index in [2.05, 4.69) is 10.4 Å². The van der Waals surface area contributed by atoms with Crippen molar-refractivity contribution in [1.82, 2.24) is 10.2 Å². The van der Waals surface area contributed by atoms with Gasteiger partial charge in [0.1, 0.15) is 11.8 Å². The number of amides is 2. The van der Waals surface area contributed by atoms with E-state index in [0.29, 0.717) is 5.69 Å². The number of benzene rings is 1. The number of nitrogens with one attached hydrogen (secondary N) is 1. The molecule has 2 amide bonds. The summed E-state index contributed by atoms with van der Waals surface area (Å²) in [5.74, 6) is -3.35. The summed E-state index contributed by atoms with van der Waals surface area (Å²) in [4.78, 5) is 48.0. The van der Waals surface area contributed by atoms with Crippen LogP contribution in [0.15, 0.2) is 35.4 Å². The van der Waals surface area contributed by atoms with Crippen molar-refractivity contribution in [2.75, 3.05) is 18.1 Å². The highest BCUT2D eigenvalue weighted by Crippen LogP contribution is 2.25. The molecule has 2 unspecified atom stereocenters. The van der Waals surface area contributed by atoms with Crippen LogP contribution in [-0.2, 0) is 19.2 Å². The van der Waals surface area contributed by atoms with Crippen molar-refractivity contribution in [3.8, 4) is 0 Å². The molecule has 2 rings (SSSR count). The molecule has 10 nitrogen and oxygen atoms in total. The molecule has 0 aromatic heterocycles. The van der Waals surface area contributed by atoms with Crippen LogP contribution in [0.3, 0.4) is 0 Å². The summed E-state index contributed by atoms with van der Waals surface area (Å²) >= 11 is 0. The third-order valence-corrected chi connectivity index (χ3v) is 4.28. The predicted octanol–water partition coefficient (Wildman–Crippen LogP) is 0.144. The van der Waals surface area contributed by atoms with Crippen molar-refractivity contribution < 1.29 is 29.4 Å². The Morgan fingerprint density at radius 1 is 1.25 bits per heavy atom. The molecule has 1 aliphatic heterocycles. The monoisotopic (exact) mass is 390 g/mol. The van der Waals surface area contributed by atoms with Crippen LogP contribution in [0.1, 0.15) is 20.3 Å². The van der Waals surface area contributed by atoms with Crippen LogP contribution in [0.2, 0.25) is 0 Å². The van der Waals surface area contributed by atoms with Gasteiger partial charge < -0.3 is 20.4 Å². The second kappa shape index (κ2) is 8.98. The van der Waals surface area contributed by atoms with Gasteiger partial charge in [-0.05, 0) is 19.1 Å². The molecule has 28 heavy (non-hydrogen) atoms. The Morgan fingerprint density at radius 2 is 1.89 bits per heavy atom. The number of carbonyl (C=O) groups excluding carboxylic acids is 2. The zero-order valence-electron chi connectivity index (χ0n) is 15.5. The van der Waals surface area contributed by atoms with Gasteiger partial charge >= 0.3 is 11.9 Å². The van der Waals surface area contributed by atoms with E-state index in [1.165, 1.54) is 18.9 Å². The van der Waals surface area contributed by atoms with Gasteiger partial charge in [0.2, 0.25) is 5.91 Å². The molecule has 0 fully saturated rings. The molecule has 1 aromatic carbocycles. The summed E-state index contributed by atoms with van der Waals surface area (Å²) in [6, 6.07) is 6.30. The molecule has 0 aliphatic carbocycles. The molecule has 0 spiro atoms. The standard InChI is InChI=1S/C18H22N4O6/c1-11(17(25)26)21(9-8-19-12(2)23)16(24)14-10-15(18(27)28)22(20-14)13-6-4-3-5-7-13/h3-7,11,15H,8-10H2,1-2H3,(H,19,23)(H,25,26)(H,27,28). The smallest absolute Gasteiger partial charge is 0.328 e. The van der Waals surface area contributed by atoms with Crippen molar-refractivity contribution in [3.63, 3.8) is 0 Å². The molecule has 0 radical (unpaired) electrons. The lowest BCUT2D eigenvalue weighted by Crippen LogP contribution is -2.49. The molecule has 1 heterocycles. The average molecular weight is 390 g/mol. The fraction of sp³-hybridized carbons (Fsp3) is 0.389. The van der Waals surface area contributed by atoms with Crippen molar-refractivity contribution in [2.24, 2.45) is 5.10 Å². The second-order valence-corrected chi connectivity index (χ2v) is 6.28. The quantitative estimate of drug-likeness (QED) is 0.574. The number of carboxylic acid groups (broad SMARTS) is 2. The summed E-state index contributed by atoms with van der Waals surface area (Å²) in [5.41, 5.74) is 0.459. The number of para-hydroxylation sites is 1. The summed E-state index contributed by atoms with van der Waals surface area (Å²) < 4.78 is 0. The van der Waals surface area contributed by atoms with E-state index in [1.807, 2.05) is 0 Å². The van der Waals surface area contributed by atoms with Crippen molar-refractivity contribution in [1.29, 1.82) is 0 Å². The number of aliphatic carboxylic acids is 2. The lowest BCUT2D eigenvalue weighted by Gasteiger charge is -2.26. The summed E-state index contributed by atoms with van der Waals surface area (Å²) in [6.45, 7) is 2.67. The molecule has 1 aromatic rings. The summed E-state index contributed by atoms with van der Waals surface area (Å²) in [6.07, 6.45) is -0.161. The highest BCUT2D eigenvalue weighted by molar-refractivity contribution is 6.40. The first-order valence-electron chi connectivity index (χ1n) is 8.65.